The van der Waals surface area contributed by atoms with Gasteiger partial charge in [-0.2, -0.15) is 13.2 Å². The highest BCUT2D eigenvalue weighted by atomic mass is 35.5. The molecule has 2 unspecified atom stereocenters. The van der Waals surface area contributed by atoms with Crippen LogP contribution in [0, 0.1) is 57.6 Å². The van der Waals surface area contributed by atoms with Crippen LogP contribution in [-0.4, -0.2) is 58.4 Å². The third-order valence-electron chi connectivity index (χ3n) is 6.89. The van der Waals surface area contributed by atoms with Crippen LogP contribution in [-0.2, 0) is 27.4 Å². The first-order chi connectivity index (χ1) is 20.8. The Kier molecular flexibility index (Phi) is 11.3. The minimum absolute atomic E-state index is 0.243. The molecule has 1 aromatic carbocycles. The number of allylic oxidation sites excluding steroid dienone is 2. The third kappa shape index (κ3) is 8.53. The number of thiazole rings is 1. The van der Waals surface area contributed by atoms with Crippen molar-refractivity contribution in [1.29, 1.82) is 0 Å². The molecule has 20 heteroatoms. The minimum atomic E-state index is -4.78. The quantitative estimate of drug-likeness (QED) is 0.104. The summed E-state index contributed by atoms with van der Waals surface area (Å²) in [5.74, 6) is -9.42. The summed E-state index contributed by atoms with van der Waals surface area (Å²) >= 11 is 12.2. The standard InChI is InChI=1S/C17H14ClF7O2.C8H10ClN5O3S/c1-6-11(19)13(21)7(14(22)12(6)20)5-27-15(26)10-8(16(10,2)3)4-9(18)17(23,24)25;1-12-4-17-5-13(8(12)11-14(15)16)3-6-2-10-7(9)18-6/h4,8,10H,5H2,1-3H3;2H,3-5H2,1H3/b9-4-;11-8+. The molecule has 0 bridgehead atoms. The van der Waals surface area contributed by atoms with Gasteiger partial charge in [-0.1, -0.05) is 43.1 Å². The molecule has 1 aliphatic heterocycles. The summed E-state index contributed by atoms with van der Waals surface area (Å²) in [6, 6.07) is 0. The first-order valence-corrected chi connectivity index (χ1v) is 14.1. The lowest BCUT2D eigenvalue weighted by atomic mass is 10.1. The summed E-state index contributed by atoms with van der Waals surface area (Å²) in [6.45, 7) is 3.61. The van der Waals surface area contributed by atoms with Crippen molar-refractivity contribution in [2.75, 3.05) is 20.5 Å². The molecular formula is C25H24Cl2F7N5O5S. The number of hydrogen-bond donors (Lipinski definition) is 0. The second-order valence-corrected chi connectivity index (χ2v) is 12.5. The van der Waals surface area contributed by atoms with Crippen LogP contribution in [0.15, 0.2) is 22.4 Å². The Morgan fingerprint density at radius 2 is 1.84 bits per heavy atom. The van der Waals surface area contributed by atoms with Gasteiger partial charge in [-0.3, -0.25) is 4.79 Å². The van der Waals surface area contributed by atoms with Crippen molar-refractivity contribution in [2.24, 2.45) is 22.4 Å². The van der Waals surface area contributed by atoms with E-state index in [1.165, 1.54) is 25.2 Å². The average Bonchev–Trinajstić information content (AvgIpc) is 3.24. The average molecular weight is 710 g/mol. The van der Waals surface area contributed by atoms with Gasteiger partial charge in [0.25, 0.3) is 5.96 Å². The fourth-order valence-electron chi connectivity index (χ4n) is 4.36. The van der Waals surface area contributed by atoms with E-state index in [1.807, 2.05) is 0 Å². The highest BCUT2D eigenvalue weighted by Crippen LogP contribution is 2.60. The van der Waals surface area contributed by atoms with Crippen LogP contribution in [0.5, 0.6) is 0 Å². The van der Waals surface area contributed by atoms with Crippen LogP contribution in [0.3, 0.4) is 0 Å². The first-order valence-electron chi connectivity index (χ1n) is 12.6. The minimum Gasteiger partial charge on any atom is -0.460 e. The Morgan fingerprint density at radius 1 is 1.24 bits per heavy atom. The van der Waals surface area contributed by atoms with Crippen molar-refractivity contribution >= 4 is 46.5 Å². The van der Waals surface area contributed by atoms with Gasteiger partial charge in [-0.05, 0) is 18.3 Å². The SMILES string of the molecule is CN1COCN(Cc2cnc(Cl)s2)/C1=N/[N+](=O)[O-].Cc1c(F)c(F)c(COC(=O)C2C(/C=C(\Cl)C(F)(F)F)C2(C)C)c(F)c1F. The van der Waals surface area contributed by atoms with Crippen molar-refractivity contribution in [1.82, 2.24) is 14.8 Å². The molecule has 45 heavy (non-hydrogen) atoms. The van der Waals surface area contributed by atoms with Crippen LogP contribution >= 0.6 is 34.5 Å². The zero-order valence-electron chi connectivity index (χ0n) is 23.7. The highest BCUT2D eigenvalue weighted by molar-refractivity contribution is 7.15. The molecule has 0 spiro atoms. The van der Waals surface area contributed by atoms with E-state index in [-0.39, 0.29) is 19.4 Å². The number of carbonyl (C=O) groups is 1. The van der Waals surface area contributed by atoms with Crippen LogP contribution < -0.4 is 0 Å². The number of rotatable bonds is 7. The molecule has 4 rings (SSSR count). The molecular weight excluding hydrogens is 686 g/mol. The van der Waals surface area contributed by atoms with Gasteiger partial charge < -0.3 is 19.3 Å². The summed E-state index contributed by atoms with van der Waals surface area (Å²) in [7, 11) is 1.67. The van der Waals surface area contributed by atoms with E-state index < -0.39 is 80.5 Å². The van der Waals surface area contributed by atoms with Gasteiger partial charge in [0.2, 0.25) is 0 Å². The molecule has 10 nitrogen and oxygen atoms in total. The Morgan fingerprint density at radius 3 is 2.36 bits per heavy atom. The van der Waals surface area contributed by atoms with Gasteiger partial charge in [-0.25, -0.2) is 32.7 Å². The molecule has 2 aromatic rings. The van der Waals surface area contributed by atoms with E-state index in [2.05, 4.69) is 10.1 Å². The number of nitro groups is 1. The lowest BCUT2D eigenvalue weighted by Gasteiger charge is -2.34. The molecule has 2 fully saturated rings. The maximum absolute atomic E-state index is 13.8. The van der Waals surface area contributed by atoms with E-state index in [9.17, 15) is 45.6 Å². The summed E-state index contributed by atoms with van der Waals surface area (Å²) in [4.78, 5) is 30.6. The fourth-order valence-corrected chi connectivity index (χ4v) is 5.49. The Bertz CT molecular complexity index is 1490. The Hall–Kier alpha value is -3.22. The topological polar surface area (TPSA) is 110 Å². The number of hydrogen-bond acceptors (Lipinski definition) is 7. The maximum Gasteiger partial charge on any atom is 0.426 e. The van der Waals surface area contributed by atoms with E-state index in [1.54, 1.807) is 23.0 Å². The molecule has 1 saturated heterocycles. The number of guanidine groups is 1. The fraction of sp³-hybridized carbons (Fsp3) is 0.480. The summed E-state index contributed by atoms with van der Waals surface area (Å²) in [5.41, 5.74) is -2.93. The second-order valence-electron chi connectivity index (χ2n) is 10.4. The Balaban J connectivity index is 0.000000265. The monoisotopic (exact) mass is 709 g/mol. The molecule has 2 heterocycles. The van der Waals surface area contributed by atoms with E-state index in [0.717, 1.165) is 11.8 Å². The number of ether oxygens (including phenoxy) is 2. The predicted octanol–water partition coefficient (Wildman–Crippen LogP) is 6.58. The van der Waals surface area contributed by atoms with Crippen molar-refractivity contribution in [2.45, 2.75) is 40.1 Å². The van der Waals surface area contributed by atoms with Crippen LogP contribution in [0.1, 0.15) is 29.9 Å². The Labute approximate surface area is 265 Å². The van der Waals surface area contributed by atoms with Crippen LogP contribution in [0.4, 0.5) is 30.7 Å². The van der Waals surface area contributed by atoms with Crippen molar-refractivity contribution in [3.05, 3.63) is 71.2 Å². The van der Waals surface area contributed by atoms with Gasteiger partial charge in [-0.15, -0.1) is 11.3 Å². The van der Waals surface area contributed by atoms with Crippen LogP contribution in [0.2, 0.25) is 4.47 Å². The van der Waals surface area contributed by atoms with Gasteiger partial charge in [0.15, 0.2) is 32.8 Å². The number of carbonyl (C=O) groups excluding carboxylic acids is 1. The van der Waals surface area contributed by atoms with E-state index >= 15 is 0 Å². The normalized spacial score (nSPS) is 20.6. The molecule has 1 aromatic heterocycles. The number of halogens is 9. The highest BCUT2D eigenvalue weighted by Gasteiger charge is 2.62. The summed E-state index contributed by atoms with van der Waals surface area (Å²) in [5, 5.41) is 11.7. The number of esters is 1. The van der Waals surface area contributed by atoms with Gasteiger partial charge in [0.05, 0.1) is 18.0 Å². The molecule has 2 atom stereocenters. The maximum atomic E-state index is 13.8. The molecule has 2 aliphatic rings. The number of aromatic nitrogens is 1. The third-order valence-corrected chi connectivity index (χ3v) is 8.33. The lowest BCUT2D eigenvalue weighted by Crippen LogP contribution is -2.49. The number of benzene rings is 1. The summed E-state index contributed by atoms with van der Waals surface area (Å²) in [6.07, 6.45) is -2.48. The second kappa shape index (κ2) is 14.0. The summed E-state index contributed by atoms with van der Waals surface area (Å²) < 4.78 is 103. The lowest BCUT2D eigenvalue weighted by molar-refractivity contribution is -0.486. The zero-order chi connectivity index (χ0) is 34.0. The molecule has 248 valence electrons. The number of hydrazone groups is 1. The molecule has 0 radical (unpaired) electrons. The van der Waals surface area contributed by atoms with Crippen molar-refractivity contribution in [3.63, 3.8) is 0 Å². The first kappa shape index (κ1) is 36.3. The van der Waals surface area contributed by atoms with Gasteiger partial charge in [0, 0.05) is 23.7 Å². The van der Waals surface area contributed by atoms with Gasteiger partial charge >= 0.3 is 12.1 Å². The zero-order valence-corrected chi connectivity index (χ0v) is 26.1. The van der Waals surface area contributed by atoms with Gasteiger partial charge in [0.1, 0.15) is 30.2 Å². The number of nitrogens with zero attached hydrogens (tertiary/aromatic N) is 5. The largest absolute Gasteiger partial charge is 0.460 e. The smallest absolute Gasteiger partial charge is 0.426 e. The predicted molar refractivity (Wildman–Crippen MR) is 147 cm³/mol. The molecule has 1 saturated carbocycles. The van der Waals surface area contributed by atoms with Crippen molar-refractivity contribution in [3.8, 4) is 0 Å². The van der Waals surface area contributed by atoms with Crippen LogP contribution in [0.25, 0.3) is 0 Å². The molecule has 0 amide bonds. The van der Waals surface area contributed by atoms with E-state index in [0.29, 0.717) is 17.1 Å². The van der Waals surface area contributed by atoms with Crippen molar-refractivity contribution < 1.29 is 50.0 Å². The molecule has 1 aliphatic carbocycles. The number of alkyl halides is 3. The molecule has 0 N–H and O–H groups in total. The van der Waals surface area contributed by atoms with E-state index in [4.69, 9.17) is 32.7 Å².